The van der Waals surface area contributed by atoms with Crippen LogP contribution in [0.5, 0.6) is 0 Å². The monoisotopic (exact) mass is 350 g/mol. The molecule has 0 fully saturated rings. The Morgan fingerprint density at radius 1 is 1.12 bits per heavy atom. The Morgan fingerprint density at radius 2 is 1.92 bits per heavy atom. The molecule has 0 atom stereocenters. The van der Waals surface area contributed by atoms with Gasteiger partial charge in [-0.05, 0) is 36.4 Å². The average molecular weight is 351 g/mol. The molecule has 0 saturated carbocycles. The summed E-state index contributed by atoms with van der Waals surface area (Å²) in [4.78, 5) is 24.1. The third kappa shape index (κ3) is 4.94. The number of hydrogen-bond acceptors (Lipinski definition) is 3. The van der Waals surface area contributed by atoms with Crippen LogP contribution >= 0.6 is 11.6 Å². The molecule has 0 bridgehead atoms. The highest BCUT2D eigenvalue weighted by atomic mass is 35.5. The van der Waals surface area contributed by atoms with E-state index in [1.165, 1.54) is 42.5 Å². The molecule has 126 valence electrons. The predicted octanol–water partition coefficient (Wildman–Crippen LogP) is 2.81. The predicted molar refractivity (Wildman–Crippen MR) is 91.9 cm³/mol. The van der Waals surface area contributed by atoms with Crippen LogP contribution in [0.4, 0.5) is 20.6 Å². The smallest absolute Gasteiger partial charge is 0.323 e. The quantitative estimate of drug-likeness (QED) is 0.667. The summed E-state index contributed by atoms with van der Waals surface area (Å²) in [7, 11) is 0. The number of nitrogens with two attached hydrogens (primary N) is 1. The standard InChI is InChI=1S/C16H16ClFN4O2/c17-10-4-5-13(15(23)20-7-6-19)14(8-10)22-16(24)21-12-3-1-2-11(18)9-12/h1-5,8-9H,6-7,19H2,(H,20,23)(H2,21,22,24). The summed E-state index contributed by atoms with van der Waals surface area (Å²) >= 11 is 5.92. The molecule has 0 unspecified atom stereocenters. The summed E-state index contributed by atoms with van der Waals surface area (Å²) in [5, 5.41) is 7.97. The van der Waals surface area contributed by atoms with E-state index in [4.69, 9.17) is 17.3 Å². The summed E-state index contributed by atoms with van der Waals surface area (Å²) in [5.74, 6) is -0.865. The molecule has 0 heterocycles. The van der Waals surface area contributed by atoms with Crippen LogP contribution in [0.2, 0.25) is 5.02 Å². The van der Waals surface area contributed by atoms with E-state index >= 15 is 0 Å². The first-order valence-electron chi connectivity index (χ1n) is 7.11. The van der Waals surface area contributed by atoms with Crippen molar-refractivity contribution in [3.8, 4) is 0 Å². The first-order chi connectivity index (χ1) is 11.5. The van der Waals surface area contributed by atoms with E-state index in [1.54, 1.807) is 0 Å². The molecule has 0 saturated heterocycles. The summed E-state index contributed by atoms with van der Waals surface area (Å²) in [5.41, 5.74) is 6.10. The Hall–Kier alpha value is -2.64. The van der Waals surface area contributed by atoms with Gasteiger partial charge in [0.2, 0.25) is 0 Å². The number of halogens is 2. The SMILES string of the molecule is NCCNC(=O)c1ccc(Cl)cc1NC(=O)Nc1cccc(F)c1. The van der Waals surface area contributed by atoms with Gasteiger partial charge in [0.15, 0.2) is 0 Å². The van der Waals surface area contributed by atoms with Gasteiger partial charge in [0, 0.05) is 23.8 Å². The molecule has 6 nitrogen and oxygen atoms in total. The lowest BCUT2D eigenvalue weighted by molar-refractivity contribution is 0.0955. The fourth-order valence-electron chi connectivity index (χ4n) is 1.95. The molecule has 0 aliphatic heterocycles. The normalized spacial score (nSPS) is 10.1. The van der Waals surface area contributed by atoms with E-state index in [0.717, 1.165) is 0 Å². The van der Waals surface area contributed by atoms with Gasteiger partial charge >= 0.3 is 6.03 Å². The largest absolute Gasteiger partial charge is 0.351 e. The summed E-state index contributed by atoms with van der Waals surface area (Å²) in [6, 6.07) is 9.29. The van der Waals surface area contributed by atoms with Crippen LogP contribution in [-0.4, -0.2) is 25.0 Å². The number of rotatable bonds is 5. The van der Waals surface area contributed by atoms with Crippen LogP contribution in [0.3, 0.4) is 0 Å². The molecular weight excluding hydrogens is 335 g/mol. The molecular formula is C16H16ClFN4O2. The Kier molecular flexibility index (Phi) is 6.11. The van der Waals surface area contributed by atoms with Crippen LogP contribution in [0, 0.1) is 5.82 Å². The van der Waals surface area contributed by atoms with Gasteiger partial charge in [0.1, 0.15) is 5.82 Å². The van der Waals surface area contributed by atoms with Crippen molar-refractivity contribution in [3.63, 3.8) is 0 Å². The van der Waals surface area contributed by atoms with Crippen molar-refractivity contribution >= 4 is 34.9 Å². The molecule has 2 rings (SSSR count). The van der Waals surface area contributed by atoms with Crippen LogP contribution < -0.4 is 21.7 Å². The molecule has 24 heavy (non-hydrogen) atoms. The van der Waals surface area contributed by atoms with Gasteiger partial charge in [-0.25, -0.2) is 9.18 Å². The second-order valence-electron chi connectivity index (χ2n) is 4.82. The van der Waals surface area contributed by atoms with E-state index < -0.39 is 17.8 Å². The van der Waals surface area contributed by atoms with Crippen LogP contribution in [0.15, 0.2) is 42.5 Å². The van der Waals surface area contributed by atoms with Gasteiger partial charge < -0.3 is 21.7 Å². The minimum Gasteiger partial charge on any atom is -0.351 e. The molecule has 0 radical (unpaired) electrons. The number of benzene rings is 2. The molecule has 0 aromatic heterocycles. The fraction of sp³-hybridized carbons (Fsp3) is 0.125. The van der Waals surface area contributed by atoms with Crippen LogP contribution in [0.25, 0.3) is 0 Å². The number of carbonyl (C=O) groups excluding carboxylic acids is 2. The highest BCUT2D eigenvalue weighted by Gasteiger charge is 2.14. The molecule has 0 aliphatic carbocycles. The number of urea groups is 1. The maximum Gasteiger partial charge on any atom is 0.323 e. The zero-order chi connectivity index (χ0) is 17.5. The molecule has 0 aliphatic rings. The van der Waals surface area contributed by atoms with E-state index in [-0.39, 0.29) is 16.9 Å². The van der Waals surface area contributed by atoms with E-state index in [0.29, 0.717) is 18.1 Å². The minimum absolute atomic E-state index is 0.228. The second-order valence-corrected chi connectivity index (χ2v) is 5.26. The van der Waals surface area contributed by atoms with Crippen molar-refractivity contribution in [2.24, 2.45) is 5.73 Å². The zero-order valence-electron chi connectivity index (χ0n) is 12.6. The molecule has 2 aromatic carbocycles. The summed E-state index contributed by atoms with van der Waals surface area (Å²) < 4.78 is 13.1. The molecule has 0 spiro atoms. The first-order valence-corrected chi connectivity index (χ1v) is 7.49. The Balaban J connectivity index is 2.14. The van der Waals surface area contributed by atoms with Crippen molar-refractivity contribution in [3.05, 3.63) is 58.9 Å². The van der Waals surface area contributed by atoms with Gasteiger partial charge in [0.05, 0.1) is 11.3 Å². The Bertz CT molecular complexity index is 755. The minimum atomic E-state index is -0.629. The third-order valence-electron chi connectivity index (χ3n) is 2.99. The molecule has 8 heteroatoms. The van der Waals surface area contributed by atoms with Gasteiger partial charge in [-0.2, -0.15) is 0 Å². The first kappa shape index (κ1) is 17.7. The maximum atomic E-state index is 13.1. The van der Waals surface area contributed by atoms with Crippen molar-refractivity contribution < 1.29 is 14.0 Å². The number of anilines is 2. The Labute approximate surface area is 143 Å². The average Bonchev–Trinajstić information content (AvgIpc) is 2.52. The lowest BCUT2D eigenvalue weighted by atomic mass is 10.1. The fourth-order valence-corrected chi connectivity index (χ4v) is 2.12. The summed E-state index contributed by atoms with van der Waals surface area (Å²) in [6.07, 6.45) is 0. The van der Waals surface area contributed by atoms with E-state index in [2.05, 4.69) is 16.0 Å². The summed E-state index contributed by atoms with van der Waals surface area (Å²) in [6.45, 7) is 0.596. The lowest BCUT2D eigenvalue weighted by Gasteiger charge is -2.12. The van der Waals surface area contributed by atoms with Gasteiger partial charge in [-0.3, -0.25) is 4.79 Å². The van der Waals surface area contributed by atoms with Crippen molar-refractivity contribution in [2.45, 2.75) is 0 Å². The number of hydrogen-bond donors (Lipinski definition) is 4. The van der Waals surface area contributed by atoms with Crippen molar-refractivity contribution in [1.82, 2.24) is 5.32 Å². The lowest BCUT2D eigenvalue weighted by Crippen LogP contribution is -2.30. The third-order valence-corrected chi connectivity index (χ3v) is 3.22. The highest BCUT2D eigenvalue weighted by molar-refractivity contribution is 6.31. The molecule has 2 aromatic rings. The topological polar surface area (TPSA) is 96.2 Å². The number of nitrogens with one attached hydrogen (secondary N) is 3. The van der Waals surface area contributed by atoms with E-state index in [9.17, 15) is 14.0 Å². The van der Waals surface area contributed by atoms with Crippen LogP contribution in [0.1, 0.15) is 10.4 Å². The van der Waals surface area contributed by atoms with Gasteiger partial charge in [-0.1, -0.05) is 17.7 Å². The number of carbonyl (C=O) groups is 2. The van der Waals surface area contributed by atoms with Crippen molar-refractivity contribution in [1.29, 1.82) is 0 Å². The van der Waals surface area contributed by atoms with Crippen LogP contribution in [-0.2, 0) is 0 Å². The van der Waals surface area contributed by atoms with Gasteiger partial charge in [0.25, 0.3) is 5.91 Å². The molecule has 5 N–H and O–H groups in total. The number of amides is 3. The Morgan fingerprint density at radius 3 is 2.62 bits per heavy atom. The van der Waals surface area contributed by atoms with Gasteiger partial charge in [-0.15, -0.1) is 0 Å². The highest BCUT2D eigenvalue weighted by Crippen LogP contribution is 2.21. The maximum absolute atomic E-state index is 13.1. The zero-order valence-corrected chi connectivity index (χ0v) is 13.4. The molecule has 3 amide bonds. The van der Waals surface area contributed by atoms with E-state index in [1.807, 2.05) is 0 Å². The second kappa shape index (κ2) is 8.28. The van der Waals surface area contributed by atoms with Crippen molar-refractivity contribution in [2.75, 3.05) is 23.7 Å².